The summed E-state index contributed by atoms with van der Waals surface area (Å²) in [5, 5.41) is 0. The van der Waals surface area contributed by atoms with Crippen molar-refractivity contribution in [2.24, 2.45) is 0 Å². The predicted octanol–water partition coefficient (Wildman–Crippen LogP) is 2.91. The van der Waals surface area contributed by atoms with Gasteiger partial charge < -0.3 is 4.57 Å². The third-order valence-corrected chi connectivity index (χ3v) is 3.19. The summed E-state index contributed by atoms with van der Waals surface area (Å²) in [7, 11) is 0. The molecule has 1 aliphatic rings. The second kappa shape index (κ2) is 3.70. The Hall–Kier alpha value is -0.500. The number of hydrogen-bond acceptors (Lipinski definition) is 1. The van der Waals surface area contributed by atoms with Crippen LogP contribution in [0.1, 0.15) is 43.5 Å². The molecule has 0 unspecified atom stereocenters. The first kappa shape index (κ1) is 9.07. The lowest BCUT2D eigenvalue weighted by atomic mass is 9.82. The van der Waals surface area contributed by atoms with Crippen LogP contribution < -0.4 is 0 Å². The van der Waals surface area contributed by atoms with E-state index in [0.717, 1.165) is 6.54 Å². The Bertz CT molecular complexity index is 289. The van der Waals surface area contributed by atoms with Gasteiger partial charge in [0.15, 0.2) is 0 Å². The maximum Gasteiger partial charge on any atom is 0.0952 e. The molecule has 72 valence electrons. The summed E-state index contributed by atoms with van der Waals surface area (Å²) in [4.78, 5) is 4.46. The molecule has 0 N–H and O–H groups in total. The van der Waals surface area contributed by atoms with Gasteiger partial charge in [0.25, 0.3) is 0 Å². The number of rotatable bonds is 3. The van der Waals surface area contributed by atoms with Crippen LogP contribution in [0.5, 0.6) is 0 Å². The molecular formula is C10H15ClN2. The van der Waals surface area contributed by atoms with Gasteiger partial charge >= 0.3 is 0 Å². The zero-order valence-electron chi connectivity index (χ0n) is 7.96. The van der Waals surface area contributed by atoms with Gasteiger partial charge in [-0.15, -0.1) is 11.6 Å². The molecular weight excluding hydrogens is 184 g/mol. The molecule has 0 spiro atoms. The van der Waals surface area contributed by atoms with E-state index in [0.29, 0.717) is 11.8 Å². The minimum Gasteiger partial charge on any atom is -0.334 e. The molecule has 1 fully saturated rings. The summed E-state index contributed by atoms with van der Waals surface area (Å²) < 4.78 is 2.15. The number of nitrogens with zero attached hydrogens (tertiary/aromatic N) is 2. The highest BCUT2D eigenvalue weighted by atomic mass is 35.5. The number of alkyl halides is 1. The highest BCUT2D eigenvalue weighted by Crippen LogP contribution is 2.37. The van der Waals surface area contributed by atoms with Crippen LogP contribution in [-0.2, 0) is 12.4 Å². The van der Waals surface area contributed by atoms with Crippen molar-refractivity contribution in [1.82, 2.24) is 9.55 Å². The number of halogens is 1. The summed E-state index contributed by atoms with van der Waals surface area (Å²) in [6, 6.07) is 0. The van der Waals surface area contributed by atoms with E-state index in [1.165, 1.54) is 30.7 Å². The SMILES string of the molecule is CCn1cnc(C2CCC2)c1CCl. The molecule has 1 aliphatic carbocycles. The average molecular weight is 199 g/mol. The van der Waals surface area contributed by atoms with Crippen LogP contribution in [0.25, 0.3) is 0 Å². The average Bonchev–Trinajstić information content (AvgIpc) is 2.44. The first-order valence-corrected chi connectivity index (χ1v) is 5.50. The Kier molecular flexibility index (Phi) is 2.58. The summed E-state index contributed by atoms with van der Waals surface area (Å²) >= 11 is 5.92. The third kappa shape index (κ3) is 1.48. The van der Waals surface area contributed by atoms with Crippen molar-refractivity contribution in [2.75, 3.05) is 0 Å². The Morgan fingerprint density at radius 1 is 1.62 bits per heavy atom. The molecule has 2 rings (SSSR count). The van der Waals surface area contributed by atoms with Crippen LogP contribution in [0.15, 0.2) is 6.33 Å². The maximum absolute atomic E-state index is 5.92. The van der Waals surface area contributed by atoms with E-state index in [1.807, 2.05) is 6.33 Å². The molecule has 1 heterocycles. The molecule has 3 heteroatoms. The lowest BCUT2D eigenvalue weighted by Gasteiger charge is -2.24. The van der Waals surface area contributed by atoms with Crippen molar-refractivity contribution >= 4 is 11.6 Å². The number of aryl methyl sites for hydroxylation is 1. The zero-order valence-corrected chi connectivity index (χ0v) is 8.72. The van der Waals surface area contributed by atoms with Crippen molar-refractivity contribution in [3.63, 3.8) is 0 Å². The van der Waals surface area contributed by atoms with Crippen molar-refractivity contribution in [1.29, 1.82) is 0 Å². The van der Waals surface area contributed by atoms with Crippen molar-refractivity contribution in [3.8, 4) is 0 Å². The molecule has 1 aromatic rings. The maximum atomic E-state index is 5.92. The van der Waals surface area contributed by atoms with E-state index in [4.69, 9.17) is 11.6 Å². The normalized spacial score (nSPS) is 17.4. The first-order valence-electron chi connectivity index (χ1n) is 4.96. The number of hydrogen-bond donors (Lipinski definition) is 0. The van der Waals surface area contributed by atoms with Crippen molar-refractivity contribution in [3.05, 3.63) is 17.7 Å². The van der Waals surface area contributed by atoms with Gasteiger partial charge in [0, 0.05) is 12.5 Å². The summed E-state index contributed by atoms with van der Waals surface area (Å²) in [5.41, 5.74) is 2.48. The van der Waals surface area contributed by atoms with E-state index in [1.54, 1.807) is 0 Å². The van der Waals surface area contributed by atoms with Gasteiger partial charge in [-0.1, -0.05) is 6.42 Å². The molecule has 1 aromatic heterocycles. The Labute approximate surface area is 83.9 Å². The van der Waals surface area contributed by atoms with Crippen LogP contribution in [-0.4, -0.2) is 9.55 Å². The molecule has 0 atom stereocenters. The molecule has 0 saturated heterocycles. The zero-order chi connectivity index (χ0) is 9.26. The van der Waals surface area contributed by atoms with Crippen molar-refractivity contribution in [2.45, 2.75) is 44.5 Å². The molecule has 0 bridgehead atoms. The van der Waals surface area contributed by atoms with Gasteiger partial charge in [-0.2, -0.15) is 0 Å². The number of imidazole rings is 1. The largest absolute Gasteiger partial charge is 0.334 e. The Balaban J connectivity index is 2.28. The smallest absolute Gasteiger partial charge is 0.0952 e. The second-order valence-corrected chi connectivity index (χ2v) is 3.89. The quantitative estimate of drug-likeness (QED) is 0.683. The first-order chi connectivity index (χ1) is 6.36. The van der Waals surface area contributed by atoms with Crippen LogP contribution in [0, 0.1) is 0 Å². The van der Waals surface area contributed by atoms with Gasteiger partial charge in [-0.25, -0.2) is 4.98 Å². The van der Waals surface area contributed by atoms with Gasteiger partial charge in [-0.05, 0) is 19.8 Å². The Morgan fingerprint density at radius 3 is 2.85 bits per heavy atom. The monoisotopic (exact) mass is 198 g/mol. The van der Waals surface area contributed by atoms with E-state index in [9.17, 15) is 0 Å². The molecule has 2 nitrogen and oxygen atoms in total. The van der Waals surface area contributed by atoms with E-state index < -0.39 is 0 Å². The summed E-state index contributed by atoms with van der Waals surface area (Å²) in [5.74, 6) is 1.29. The minimum absolute atomic E-state index is 0.597. The van der Waals surface area contributed by atoms with Crippen LogP contribution in [0.2, 0.25) is 0 Å². The van der Waals surface area contributed by atoms with Crippen molar-refractivity contribution < 1.29 is 0 Å². The third-order valence-electron chi connectivity index (χ3n) is 2.94. The van der Waals surface area contributed by atoms with E-state index in [-0.39, 0.29) is 0 Å². The van der Waals surface area contributed by atoms with Gasteiger partial charge in [0.05, 0.1) is 23.6 Å². The summed E-state index contributed by atoms with van der Waals surface area (Å²) in [6.45, 7) is 3.10. The van der Waals surface area contributed by atoms with Crippen LogP contribution in [0.3, 0.4) is 0 Å². The van der Waals surface area contributed by atoms with E-state index >= 15 is 0 Å². The molecule has 0 aliphatic heterocycles. The fourth-order valence-electron chi connectivity index (χ4n) is 1.86. The van der Waals surface area contributed by atoms with Crippen LogP contribution >= 0.6 is 11.6 Å². The highest BCUT2D eigenvalue weighted by molar-refractivity contribution is 6.17. The fraction of sp³-hybridized carbons (Fsp3) is 0.700. The molecule has 0 radical (unpaired) electrons. The molecule has 0 aromatic carbocycles. The van der Waals surface area contributed by atoms with Gasteiger partial charge in [0.1, 0.15) is 0 Å². The predicted molar refractivity (Wildman–Crippen MR) is 54.1 cm³/mol. The second-order valence-electron chi connectivity index (χ2n) is 3.62. The highest BCUT2D eigenvalue weighted by Gasteiger charge is 2.24. The lowest BCUT2D eigenvalue weighted by molar-refractivity contribution is 0.409. The Morgan fingerprint density at radius 2 is 2.38 bits per heavy atom. The topological polar surface area (TPSA) is 17.8 Å². The van der Waals surface area contributed by atoms with Crippen LogP contribution in [0.4, 0.5) is 0 Å². The standard InChI is InChI=1S/C10H15ClN2/c1-2-13-7-12-10(9(13)6-11)8-4-3-5-8/h7-8H,2-6H2,1H3. The summed E-state index contributed by atoms with van der Waals surface area (Å²) in [6.07, 6.45) is 5.87. The van der Waals surface area contributed by atoms with Gasteiger partial charge in [-0.3, -0.25) is 0 Å². The lowest BCUT2D eigenvalue weighted by Crippen LogP contribution is -2.12. The minimum atomic E-state index is 0.597. The molecule has 1 saturated carbocycles. The van der Waals surface area contributed by atoms with Gasteiger partial charge in [0.2, 0.25) is 0 Å². The fourth-order valence-corrected chi connectivity index (χ4v) is 2.15. The van der Waals surface area contributed by atoms with E-state index in [2.05, 4.69) is 16.5 Å². The molecule has 13 heavy (non-hydrogen) atoms. The molecule has 0 amide bonds. The number of aromatic nitrogens is 2.